The highest BCUT2D eigenvalue weighted by Crippen LogP contribution is 2.33. The molecule has 0 fully saturated rings. The summed E-state index contributed by atoms with van der Waals surface area (Å²) in [7, 11) is 2.15. The Morgan fingerprint density at radius 2 is 1.15 bits per heavy atom. The quantitative estimate of drug-likeness (QED) is 0.209. The van der Waals surface area contributed by atoms with Crippen LogP contribution in [-0.2, 0) is 24.5 Å². The molecule has 1 aliphatic heterocycles. The van der Waals surface area contributed by atoms with E-state index in [4.69, 9.17) is 9.47 Å². The highest BCUT2D eigenvalue weighted by molar-refractivity contribution is 5.64. The Bertz CT molecular complexity index is 1500. The van der Waals surface area contributed by atoms with Gasteiger partial charge in [0.1, 0.15) is 12.4 Å². The summed E-state index contributed by atoms with van der Waals surface area (Å²) in [6, 6.07) is 44.6. The maximum Gasteiger partial charge on any atom is 0.120 e. The van der Waals surface area contributed by atoms with Gasteiger partial charge in [0.05, 0.1) is 12.7 Å². The number of nitrogens with zero attached hydrogens (tertiary/aromatic N) is 1. The van der Waals surface area contributed by atoms with E-state index in [1.807, 2.05) is 12.1 Å². The number of rotatable bonds is 8. The van der Waals surface area contributed by atoms with Crippen LogP contribution in [0.25, 0.3) is 22.3 Å². The fourth-order valence-electron chi connectivity index (χ4n) is 5.20. The second-order valence-electron chi connectivity index (χ2n) is 10.3. The van der Waals surface area contributed by atoms with Crippen LogP contribution in [0, 0.1) is 0 Å². The summed E-state index contributed by atoms with van der Waals surface area (Å²) >= 11 is 0. The van der Waals surface area contributed by atoms with Crippen LogP contribution in [0.15, 0.2) is 127 Å². The summed E-state index contributed by atoms with van der Waals surface area (Å²) in [5.41, 5.74) is 9.74. The first-order valence-electron chi connectivity index (χ1n) is 13.6. The minimum Gasteiger partial charge on any atom is -0.489 e. The van der Waals surface area contributed by atoms with Crippen LogP contribution in [0.3, 0.4) is 0 Å². The van der Waals surface area contributed by atoms with E-state index in [0.717, 1.165) is 24.4 Å². The van der Waals surface area contributed by atoms with E-state index in [1.165, 1.54) is 38.9 Å². The summed E-state index contributed by atoms with van der Waals surface area (Å²) in [6.07, 6.45) is 0.00116. The molecule has 1 heterocycles. The predicted octanol–water partition coefficient (Wildman–Crippen LogP) is 8.30. The van der Waals surface area contributed by atoms with Crippen molar-refractivity contribution in [3.63, 3.8) is 0 Å². The van der Waals surface area contributed by atoms with Crippen molar-refractivity contribution >= 4 is 0 Å². The maximum atomic E-state index is 6.49. The molecule has 3 nitrogen and oxygen atoms in total. The van der Waals surface area contributed by atoms with Crippen molar-refractivity contribution in [2.75, 3.05) is 13.6 Å². The minimum atomic E-state index is 0.00116. The number of ether oxygens (including phenoxy) is 2. The first-order chi connectivity index (χ1) is 19.2. The number of likely N-dealkylation sites (N-methyl/N-ethyl adjacent to an activating group) is 1. The lowest BCUT2D eigenvalue weighted by Crippen LogP contribution is -2.31. The molecule has 0 radical (unpaired) electrons. The molecular weight excluding hydrogens is 478 g/mol. The molecule has 0 saturated heterocycles. The Balaban J connectivity index is 1.11. The van der Waals surface area contributed by atoms with Crippen molar-refractivity contribution in [2.24, 2.45) is 0 Å². The average molecular weight is 512 g/mol. The zero-order valence-corrected chi connectivity index (χ0v) is 22.3. The molecule has 6 rings (SSSR count). The molecule has 5 aromatic carbocycles. The largest absolute Gasteiger partial charge is 0.489 e. The molecule has 0 amide bonds. The average Bonchev–Trinajstić information content (AvgIpc) is 3.00. The van der Waals surface area contributed by atoms with E-state index in [9.17, 15) is 0 Å². The van der Waals surface area contributed by atoms with Gasteiger partial charge in [-0.2, -0.15) is 0 Å². The Hall–Kier alpha value is -4.18. The monoisotopic (exact) mass is 511 g/mol. The van der Waals surface area contributed by atoms with Crippen LogP contribution in [0.2, 0.25) is 0 Å². The Morgan fingerprint density at radius 3 is 1.74 bits per heavy atom. The Morgan fingerprint density at radius 1 is 0.615 bits per heavy atom. The van der Waals surface area contributed by atoms with Gasteiger partial charge < -0.3 is 9.47 Å². The van der Waals surface area contributed by atoms with Crippen molar-refractivity contribution in [2.45, 2.75) is 25.9 Å². The first kappa shape index (κ1) is 25.1. The Labute approximate surface area is 231 Å². The van der Waals surface area contributed by atoms with Gasteiger partial charge >= 0.3 is 0 Å². The summed E-state index contributed by atoms with van der Waals surface area (Å²) in [5, 5.41) is 0. The summed E-state index contributed by atoms with van der Waals surface area (Å²) in [4.78, 5) is 2.32. The number of hydrogen-bond donors (Lipinski definition) is 0. The smallest absolute Gasteiger partial charge is 0.120 e. The third kappa shape index (κ3) is 6.12. The lowest BCUT2D eigenvalue weighted by molar-refractivity contribution is 0.00833. The molecule has 0 bridgehead atoms. The van der Waals surface area contributed by atoms with Crippen molar-refractivity contribution in [1.82, 2.24) is 4.90 Å². The van der Waals surface area contributed by atoms with Gasteiger partial charge in [-0.15, -0.1) is 0 Å². The van der Waals surface area contributed by atoms with Crippen LogP contribution in [-0.4, -0.2) is 18.5 Å². The topological polar surface area (TPSA) is 21.7 Å². The van der Waals surface area contributed by atoms with Crippen molar-refractivity contribution < 1.29 is 9.47 Å². The number of benzene rings is 5. The van der Waals surface area contributed by atoms with Gasteiger partial charge in [0.15, 0.2) is 0 Å². The van der Waals surface area contributed by atoms with E-state index in [1.54, 1.807) is 0 Å². The minimum absolute atomic E-state index is 0.00116. The molecule has 1 atom stereocenters. The van der Waals surface area contributed by atoms with Crippen LogP contribution in [0.1, 0.15) is 28.4 Å². The molecule has 194 valence electrons. The second kappa shape index (κ2) is 11.7. The van der Waals surface area contributed by atoms with E-state index in [0.29, 0.717) is 13.2 Å². The van der Waals surface area contributed by atoms with Crippen LogP contribution in [0.4, 0.5) is 0 Å². The summed E-state index contributed by atoms with van der Waals surface area (Å²) in [5.74, 6) is 0.881. The lowest BCUT2D eigenvalue weighted by Gasteiger charge is -2.32. The molecule has 1 aliphatic rings. The second-order valence-corrected chi connectivity index (χ2v) is 10.3. The zero-order chi connectivity index (χ0) is 26.4. The molecule has 0 aromatic heterocycles. The molecular formula is C36H33NO2. The number of hydrogen-bond acceptors (Lipinski definition) is 3. The van der Waals surface area contributed by atoms with Crippen LogP contribution >= 0.6 is 0 Å². The van der Waals surface area contributed by atoms with Gasteiger partial charge in [0.2, 0.25) is 0 Å². The molecule has 0 unspecified atom stereocenters. The fraction of sp³-hybridized carbons (Fsp3) is 0.167. The van der Waals surface area contributed by atoms with E-state index in [2.05, 4.69) is 127 Å². The first-order valence-corrected chi connectivity index (χ1v) is 13.6. The molecule has 0 aliphatic carbocycles. The lowest BCUT2D eigenvalue weighted by atomic mass is 9.97. The van der Waals surface area contributed by atoms with Gasteiger partial charge in [-0.1, -0.05) is 115 Å². The fourth-order valence-corrected chi connectivity index (χ4v) is 5.20. The van der Waals surface area contributed by atoms with Crippen molar-refractivity contribution in [1.29, 1.82) is 0 Å². The summed E-state index contributed by atoms with van der Waals surface area (Å²) in [6.45, 7) is 2.89. The molecule has 0 N–H and O–H groups in total. The van der Waals surface area contributed by atoms with Crippen molar-refractivity contribution in [3.8, 4) is 28.0 Å². The zero-order valence-electron chi connectivity index (χ0n) is 22.3. The maximum absolute atomic E-state index is 6.49. The molecule has 0 spiro atoms. The van der Waals surface area contributed by atoms with Gasteiger partial charge in [0.25, 0.3) is 0 Å². The van der Waals surface area contributed by atoms with Gasteiger partial charge in [-0.05, 0) is 63.7 Å². The van der Waals surface area contributed by atoms with Gasteiger partial charge in [-0.25, -0.2) is 0 Å². The van der Waals surface area contributed by atoms with E-state index in [-0.39, 0.29) is 6.10 Å². The summed E-state index contributed by atoms with van der Waals surface area (Å²) < 4.78 is 12.7. The molecule has 39 heavy (non-hydrogen) atoms. The SMILES string of the molecule is CN1Cc2ccc(OCc3ccc(-c4ccccc4)cc3)cc2[C@@H](OCc2ccc(-c3ccccc3)cc2)C1. The molecule has 5 aromatic rings. The molecule has 0 saturated carbocycles. The molecule has 3 heteroatoms. The highest BCUT2D eigenvalue weighted by Gasteiger charge is 2.24. The number of fused-ring (bicyclic) bond motifs is 1. The van der Waals surface area contributed by atoms with Crippen molar-refractivity contribution in [3.05, 3.63) is 150 Å². The predicted molar refractivity (Wildman–Crippen MR) is 158 cm³/mol. The third-order valence-electron chi connectivity index (χ3n) is 7.36. The standard InChI is InChI=1S/C36H33NO2/c1-37-23-33-20-21-34(38-25-27-12-16-31(17-13-27)29-8-4-2-5-9-29)22-35(33)36(24-37)39-26-28-14-18-32(19-15-28)30-10-6-3-7-11-30/h2-22,36H,23-26H2,1H3/t36-/m0/s1. The third-order valence-corrected chi connectivity index (χ3v) is 7.36. The normalized spacial score (nSPS) is 15.1. The van der Waals surface area contributed by atoms with Gasteiger partial charge in [-0.3, -0.25) is 4.90 Å². The van der Waals surface area contributed by atoms with Crippen LogP contribution in [0.5, 0.6) is 5.75 Å². The Kier molecular flexibility index (Phi) is 7.53. The van der Waals surface area contributed by atoms with E-state index < -0.39 is 0 Å². The van der Waals surface area contributed by atoms with Crippen LogP contribution < -0.4 is 4.74 Å². The van der Waals surface area contributed by atoms with E-state index >= 15 is 0 Å². The van der Waals surface area contributed by atoms with Gasteiger partial charge in [0, 0.05) is 13.1 Å². The highest BCUT2D eigenvalue weighted by atomic mass is 16.5.